The van der Waals surface area contributed by atoms with Crippen molar-refractivity contribution >= 4 is 17.5 Å². The van der Waals surface area contributed by atoms with Gasteiger partial charge >= 0.3 is 0 Å². The number of carbonyl (C=O) groups excluding carboxylic acids is 1. The molecule has 1 aliphatic rings. The predicted octanol–water partition coefficient (Wildman–Crippen LogP) is 4.21. The number of nitrogens with zero attached hydrogens (tertiary/aromatic N) is 2. The Kier molecular flexibility index (Phi) is 6.97. The summed E-state index contributed by atoms with van der Waals surface area (Å²) in [6.45, 7) is 2.33. The number of fused-ring (bicyclic) bond motifs is 1. The first-order valence-electron chi connectivity index (χ1n) is 9.83. The van der Waals surface area contributed by atoms with E-state index in [-0.39, 0.29) is 11.8 Å². The highest BCUT2D eigenvalue weighted by Gasteiger charge is 2.28. The summed E-state index contributed by atoms with van der Waals surface area (Å²) in [5.74, 6) is 1.03. The number of ether oxygens (including phenoxy) is 1. The molecule has 0 N–H and O–H groups in total. The minimum absolute atomic E-state index is 0.114. The highest BCUT2D eigenvalue weighted by atomic mass is 35.5. The van der Waals surface area contributed by atoms with E-state index in [9.17, 15) is 4.79 Å². The summed E-state index contributed by atoms with van der Waals surface area (Å²) in [6.07, 6.45) is 2.27. The molecule has 2 aromatic rings. The number of amides is 1. The molecule has 0 spiro atoms. The van der Waals surface area contributed by atoms with Gasteiger partial charge in [0.2, 0.25) is 5.91 Å². The molecule has 0 fully saturated rings. The lowest BCUT2D eigenvalue weighted by molar-refractivity contribution is -0.131. The first-order chi connectivity index (χ1) is 13.5. The summed E-state index contributed by atoms with van der Waals surface area (Å²) in [5, 5.41) is 0.624. The van der Waals surface area contributed by atoms with Crippen LogP contribution in [0.5, 0.6) is 5.75 Å². The molecule has 1 amide bonds. The maximum absolute atomic E-state index is 12.9. The van der Waals surface area contributed by atoms with E-state index in [1.54, 1.807) is 7.11 Å². The minimum Gasteiger partial charge on any atom is -0.495 e. The van der Waals surface area contributed by atoms with Gasteiger partial charge in [-0.05, 0) is 62.3 Å². The molecule has 2 aromatic carbocycles. The quantitative estimate of drug-likeness (QED) is 0.728. The van der Waals surface area contributed by atoms with Gasteiger partial charge in [-0.3, -0.25) is 4.79 Å². The van der Waals surface area contributed by atoms with Gasteiger partial charge in [-0.15, -0.1) is 0 Å². The van der Waals surface area contributed by atoms with Gasteiger partial charge in [0.25, 0.3) is 0 Å². The molecule has 1 unspecified atom stereocenters. The number of rotatable bonds is 6. The van der Waals surface area contributed by atoms with E-state index in [1.807, 2.05) is 31.1 Å². The summed E-state index contributed by atoms with van der Waals surface area (Å²) in [5.41, 5.74) is 3.61. The first-order valence-corrected chi connectivity index (χ1v) is 10.2. The molecule has 1 heterocycles. The van der Waals surface area contributed by atoms with Gasteiger partial charge in [-0.1, -0.05) is 41.9 Å². The van der Waals surface area contributed by atoms with Crippen LogP contribution in [0, 0.1) is 0 Å². The molecule has 5 heteroatoms. The molecule has 1 atom stereocenters. The van der Waals surface area contributed by atoms with Crippen LogP contribution in [0.1, 0.15) is 35.4 Å². The van der Waals surface area contributed by atoms with Crippen molar-refractivity contribution < 1.29 is 9.53 Å². The maximum Gasteiger partial charge on any atom is 0.222 e. The third-order valence-electron chi connectivity index (χ3n) is 5.39. The Morgan fingerprint density at radius 1 is 1.25 bits per heavy atom. The fourth-order valence-electron chi connectivity index (χ4n) is 3.87. The van der Waals surface area contributed by atoms with Crippen molar-refractivity contribution in [3.8, 4) is 5.75 Å². The van der Waals surface area contributed by atoms with Crippen molar-refractivity contribution in [2.75, 3.05) is 40.8 Å². The Morgan fingerprint density at radius 3 is 2.68 bits per heavy atom. The average molecular weight is 401 g/mol. The van der Waals surface area contributed by atoms with Crippen LogP contribution in [0.2, 0.25) is 5.02 Å². The van der Waals surface area contributed by atoms with E-state index in [2.05, 4.69) is 35.2 Å². The number of carbonyl (C=O) groups is 1. The van der Waals surface area contributed by atoms with Gasteiger partial charge in [-0.25, -0.2) is 0 Å². The molecule has 150 valence electrons. The van der Waals surface area contributed by atoms with E-state index >= 15 is 0 Å². The second-order valence-corrected chi connectivity index (χ2v) is 8.05. The van der Waals surface area contributed by atoms with Crippen LogP contribution in [0.3, 0.4) is 0 Å². The molecule has 0 aromatic heterocycles. The number of hydrogen-bond donors (Lipinski definition) is 0. The van der Waals surface area contributed by atoms with Crippen molar-refractivity contribution in [3.05, 3.63) is 64.2 Å². The van der Waals surface area contributed by atoms with E-state index < -0.39 is 0 Å². The fraction of sp³-hybridized carbons (Fsp3) is 0.435. The lowest BCUT2D eigenvalue weighted by Gasteiger charge is -2.26. The van der Waals surface area contributed by atoms with E-state index in [4.69, 9.17) is 16.3 Å². The van der Waals surface area contributed by atoms with Gasteiger partial charge < -0.3 is 14.5 Å². The molecule has 0 saturated carbocycles. The number of methoxy groups -OCH3 is 1. The normalized spacial score (nSPS) is 16.6. The first kappa shape index (κ1) is 20.7. The minimum atomic E-state index is 0.114. The van der Waals surface area contributed by atoms with E-state index in [1.165, 1.54) is 16.7 Å². The Morgan fingerprint density at radius 2 is 2.00 bits per heavy atom. The molecular formula is C23H29ClN2O2. The molecule has 0 aliphatic carbocycles. The Bertz CT molecular complexity index is 808. The van der Waals surface area contributed by atoms with Crippen molar-refractivity contribution in [2.45, 2.75) is 25.2 Å². The van der Waals surface area contributed by atoms with Crippen LogP contribution in [0.15, 0.2) is 42.5 Å². The van der Waals surface area contributed by atoms with Crippen LogP contribution in [-0.4, -0.2) is 56.5 Å². The molecular weight excluding hydrogens is 372 g/mol. The van der Waals surface area contributed by atoms with Gasteiger partial charge in [0.1, 0.15) is 5.75 Å². The zero-order valence-corrected chi connectivity index (χ0v) is 17.7. The SMILES string of the molecule is COc1cc2c(cc1Cl)CCN(C(=O)CCCN(C)C)CC2c1ccccc1. The Labute approximate surface area is 173 Å². The van der Waals surface area contributed by atoms with Gasteiger partial charge in [0.15, 0.2) is 0 Å². The monoisotopic (exact) mass is 400 g/mol. The van der Waals surface area contributed by atoms with Gasteiger partial charge in [0.05, 0.1) is 12.1 Å². The van der Waals surface area contributed by atoms with Crippen molar-refractivity contribution in [3.63, 3.8) is 0 Å². The summed E-state index contributed by atoms with van der Waals surface area (Å²) in [7, 11) is 5.72. The molecule has 0 bridgehead atoms. The largest absolute Gasteiger partial charge is 0.495 e. The summed E-state index contributed by atoms with van der Waals surface area (Å²) in [6, 6.07) is 14.5. The number of benzene rings is 2. The zero-order chi connectivity index (χ0) is 20.1. The molecule has 4 nitrogen and oxygen atoms in total. The molecule has 28 heavy (non-hydrogen) atoms. The molecule has 1 aliphatic heterocycles. The molecule has 0 saturated heterocycles. The van der Waals surface area contributed by atoms with Crippen LogP contribution in [0.25, 0.3) is 0 Å². The van der Waals surface area contributed by atoms with Crippen LogP contribution in [0.4, 0.5) is 0 Å². The van der Waals surface area contributed by atoms with Crippen molar-refractivity contribution in [1.82, 2.24) is 9.80 Å². The molecule has 3 rings (SSSR count). The highest BCUT2D eigenvalue weighted by molar-refractivity contribution is 6.32. The number of halogens is 1. The van der Waals surface area contributed by atoms with Crippen LogP contribution in [-0.2, 0) is 11.2 Å². The van der Waals surface area contributed by atoms with Crippen LogP contribution >= 0.6 is 11.6 Å². The summed E-state index contributed by atoms with van der Waals surface area (Å²) >= 11 is 6.40. The average Bonchev–Trinajstić information content (AvgIpc) is 2.87. The molecule has 0 radical (unpaired) electrons. The van der Waals surface area contributed by atoms with Crippen molar-refractivity contribution in [2.24, 2.45) is 0 Å². The lowest BCUT2D eigenvalue weighted by atomic mass is 9.88. The Balaban J connectivity index is 1.90. The highest BCUT2D eigenvalue weighted by Crippen LogP contribution is 2.37. The topological polar surface area (TPSA) is 32.8 Å². The third kappa shape index (κ3) is 4.86. The van der Waals surface area contributed by atoms with Gasteiger partial charge in [0, 0.05) is 25.4 Å². The maximum atomic E-state index is 12.9. The smallest absolute Gasteiger partial charge is 0.222 e. The van der Waals surface area contributed by atoms with Gasteiger partial charge in [-0.2, -0.15) is 0 Å². The zero-order valence-electron chi connectivity index (χ0n) is 17.0. The standard InChI is InChI=1S/C23H29ClN2O2/c1-25(2)12-7-10-23(27)26-13-11-18-14-21(24)22(28-3)15-19(18)20(16-26)17-8-5-4-6-9-17/h4-6,8-9,14-15,20H,7,10-13,16H2,1-3H3. The van der Waals surface area contributed by atoms with E-state index in [0.717, 1.165) is 25.9 Å². The second kappa shape index (κ2) is 9.44. The number of hydrogen-bond acceptors (Lipinski definition) is 3. The predicted molar refractivity (Wildman–Crippen MR) is 114 cm³/mol. The van der Waals surface area contributed by atoms with Crippen molar-refractivity contribution in [1.29, 1.82) is 0 Å². The van der Waals surface area contributed by atoms with E-state index in [0.29, 0.717) is 23.7 Å². The second-order valence-electron chi connectivity index (χ2n) is 7.65. The lowest BCUT2D eigenvalue weighted by Crippen LogP contribution is -2.35. The third-order valence-corrected chi connectivity index (χ3v) is 5.69. The fourth-order valence-corrected chi connectivity index (χ4v) is 4.14. The summed E-state index contributed by atoms with van der Waals surface area (Å²) in [4.78, 5) is 17.0. The van der Waals surface area contributed by atoms with Crippen LogP contribution < -0.4 is 4.74 Å². The Hall–Kier alpha value is -2.04. The summed E-state index contributed by atoms with van der Waals surface area (Å²) < 4.78 is 5.47.